The molecule has 0 saturated carbocycles. The standard InChI is InChI=1S/C14H12ClN3O2S/c1-7(12-10(19)3-2-4-11(12)20)16-13-8(15)5-6-9-14(13)18-21-17-9/h2-7,16,19-20H,1H3. The summed E-state index contributed by atoms with van der Waals surface area (Å²) >= 11 is 7.33. The van der Waals surface area contributed by atoms with E-state index in [0.717, 1.165) is 17.2 Å². The molecule has 0 fully saturated rings. The quantitative estimate of drug-likeness (QED) is 0.681. The number of hydrogen-bond acceptors (Lipinski definition) is 6. The lowest BCUT2D eigenvalue weighted by Crippen LogP contribution is -2.08. The SMILES string of the molecule is CC(Nc1c(Cl)ccc2nsnc12)c1c(O)cccc1O. The molecule has 0 spiro atoms. The van der Waals surface area contributed by atoms with Crippen molar-refractivity contribution in [3.05, 3.63) is 40.9 Å². The van der Waals surface area contributed by atoms with E-state index in [1.165, 1.54) is 12.1 Å². The molecule has 0 aliphatic heterocycles. The number of aromatic hydroxyl groups is 2. The van der Waals surface area contributed by atoms with Crippen molar-refractivity contribution in [3.8, 4) is 11.5 Å². The van der Waals surface area contributed by atoms with Crippen LogP contribution in [0.25, 0.3) is 11.0 Å². The van der Waals surface area contributed by atoms with Gasteiger partial charge in [0.2, 0.25) is 0 Å². The molecule has 3 aromatic rings. The molecule has 0 aliphatic carbocycles. The maximum absolute atomic E-state index is 9.92. The van der Waals surface area contributed by atoms with Crippen molar-refractivity contribution in [2.24, 2.45) is 0 Å². The predicted octanol–water partition coefficient (Wildman–Crippen LogP) is 3.93. The van der Waals surface area contributed by atoms with Gasteiger partial charge in [0.1, 0.15) is 22.5 Å². The molecule has 21 heavy (non-hydrogen) atoms. The van der Waals surface area contributed by atoms with Gasteiger partial charge in [0, 0.05) is 0 Å². The fourth-order valence-electron chi connectivity index (χ4n) is 2.24. The van der Waals surface area contributed by atoms with E-state index in [2.05, 4.69) is 14.1 Å². The Kier molecular flexibility index (Phi) is 3.57. The molecule has 3 N–H and O–H groups in total. The molecule has 7 heteroatoms. The van der Waals surface area contributed by atoms with Crippen molar-refractivity contribution < 1.29 is 10.2 Å². The van der Waals surface area contributed by atoms with Gasteiger partial charge in [0.25, 0.3) is 0 Å². The Morgan fingerprint density at radius 3 is 2.57 bits per heavy atom. The third-order valence-corrected chi connectivity index (χ3v) is 4.09. The third-order valence-electron chi connectivity index (χ3n) is 3.23. The number of hydrogen-bond donors (Lipinski definition) is 3. The number of halogens is 1. The van der Waals surface area contributed by atoms with Crippen LogP contribution < -0.4 is 5.32 Å². The Labute approximate surface area is 130 Å². The van der Waals surface area contributed by atoms with Crippen LogP contribution in [0.15, 0.2) is 30.3 Å². The third kappa shape index (κ3) is 2.48. The fraction of sp³-hybridized carbons (Fsp3) is 0.143. The largest absolute Gasteiger partial charge is 0.507 e. The molecule has 1 aromatic heterocycles. The minimum Gasteiger partial charge on any atom is -0.507 e. The van der Waals surface area contributed by atoms with Crippen LogP contribution in [0, 0.1) is 0 Å². The van der Waals surface area contributed by atoms with Gasteiger partial charge in [-0.25, -0.2) is 0 Å². The molecule has 5 nitrogen and oxygen atoms in total. The van der Waals surface area contributed by atoms with E-state index >= 15 is 0 Å². The Hall–Kier alpha value is -2.05. The van der Waals surface area contributed by atoms with Crippen LogP contribution in [-0.4, -0.2) is 19.0 Å². The monoisotopic (exact) mass is 321 g/mol. The summed E-state index contributed by atoms with van der Waals surface area (Å²) in [5.74, 6) is 0.0457. The van der Waals surface area contributed by atoms with Gasteiger partial charge in [-0.15, -0.1) is 0 Å². The molecule has 1 unspecified atom stereocenters. The molecule has 1 heterocycles. The molecule has 0 amide bonds. The van der Waals surface area contributed by atoms with Crippen LogP contribution in [0.5, 0.6) is 11.5 Å². The number of benzene rings is 2. The normalized spacial score (nSPS) is 12.5. The Bertz CT molecular complexity index is 786. The van der Waals surface area contributed by atoms with Crippen LogP contribution in [-0.2, 0) is 0 Å². The molecule has 3 rings (SSSR count). The summed E-state index contributed by atoms with van der Waals surface area (Å²) in [6.45, 7) is 1.82. The Balaban J connectivity index is 2.02. The lowest BCUT2D eigenvalue weighted by Gasteiger charge is -2.19. The second kappa shape index (κ2) is 5.38. The summed E-state index contributed by atoms with van der Waals surface area (Å²) in [6.07, 6.45) is 0. The van der Waals surface area contributed by atoms with Gasteiger partial charge in [-0.1, -0.05) is 17.7 Å². The number of anilines is 1. The first-order chi connectivity index (χ1) is 10.1. The number of aromatic nitrogens is 2. The van der Waals surface area contributed by atoms with Gasteiger partial charge >= 0.3 is 0 Å². The average molecular weight is 322 g/mol. The average Bonchev–Trinajstić information content (AvgIpc) is 2.90. The summed E-state index contributed by atoms with van der Waals surface area (Å²) in [4.78, 5) is 0. The highest BCUT2D eigenvalue weighted by atomic mass is 35.5. The second-order valence-corrected chi connectivity index (χ2v) is 5.57. The van der Waals surface area contributed by atoms with E-state index in [1.54, 1.807) is 18.2 Å². The van der Waals surface area contributed by atoms with Crippen LogP contribution in [0.2, 0.25) is 5.02 Å². The van der Waals surface area contributed by atoms with Crippen molar-refractivity contribution in [3.63, 3.8) is 0 Å². The number of phenols is 2. The fourth-order valence-corrected chi connectivity index (χ4v) is 2.99. The second-order valence-electron chi connectivity index (χ2n) is 4.63. The zero-order chi connectivity index (χ0) is 15.0. The van der Waals surface area contributed by atoms with Crippen molar-refractivity contribution in [2.45, 2.75) is 13.0 Å². The first-order valence-corrected chi connectivity index (χ1v) is 7.37. The smallest absolute Gasteiger partial charge is 0.129 e. The maximum atomic E-state index is 9.92. The highest BCUT2D eigenvalue weighted by Gasteiger charge is 2.18. The lowest BCUT2D eigenvalue weighted by molar-refractivity contribution is 0.434. The molecule has 0 radical (unpaired) electrons. The van der Waals surface area contributed by atoms with Crippen LogP contribution in [0.4, 0.5) is 5.69 Å². The summed E-state index contributed by atoms with van der Waals surface area (Å²) in [7, 11) is 0. The zero-order valence-electron chi connectivity index (χ0n) is 11.0. The first-order valence-electron chi connectivity index (χ1n) is 6.26. The van der Waals surface area contributed by atoms with Crippen LogP contribution in [0.3, 0.4) is 0 Å². The molecule has 108 valence electrons. The number of nitrogens with zero attached hydrogens (tertiary/aromatic N) is 2. The van der Waals surface area contributed by atoms with E-state index in [9.17, 15) is 10.2 Å². The highest BCUT2D eigenvalue weighted by molar-refractivity contribution is 7.00. The van der Waals surface area contributed by atoms with Gasteiger partial charge in [-0.2, -0.15) is 8.75 Å². The first kappa shape index (κ1) is 13.9. The van der Waals surface area contributed by atoms with Gasteiger partial charge in [0.15, 0.2) is 0 Å². The number of fused-ring (bicyclic) bond motifs is 1. The number of rotatable bonds is 3. The van der Waals surface area contributed by atoms with Crippen LogP contribution >= 0.6 is 23.3 Å². The van der Waals surface area contributed by atoms with Crippen molar-refractivity contribution in [1.82, 2.24) is 8.75 Å². The predicted molar refractivity (Wildman–Crippen MR) is 84.2 cm³/mol. The molecule has 2 aromatic carbocycles. The minimum absolute atomic E-state index is 0.0229. The number of phenolic OH excluding ortho intramolecular Hbond substituents is 2. The molecule has 0 bridgehead atoms. The number of nitrogens with one attached hydrogen (secondary N) is 1. The topological polar surface area (TPSA) is 78.3 Å². The Morgan fingerprint density at radius 1 is 1.14 bits per heavy atom. The zero-order valence-corrected chi connectivity index (χ0v) is 12.6. The summed E-state index contributed by atoms with van der Waals surface area (Å²) in [5, 5.41) is 23.5. The summed E-state index contributed by atoms with van der Waals surface area (Å²) < 4.78 is 8.40. The van der Waals surface area contributed by atoms with E-state index < -0.39 is 0 Å². The van der Waals surface area contributed by atoms with Crippen molar-refractivity contribution in [1.29, 1.82) is 0 Å². The highest BCUT2D eigenvalue weighted by Crippen LogP contribution is 2.37. The maximum Gasteiger partial charge on any atom is 0.129 e. The molecule has 1 atom stereocenters. The van der Waals surface area contributed by atoms with Crippen LogP contribution in [0.1, 0.15) is 18.5 Å². The summed E-state index contributed by atoms with van der Waals surface area (Å²) in [5.41, 5.74) is 2.47. The van der Waals surface area contributed by atoms with Crippen molar-refractivity contribution in [2.75, 3.05) is 5.32 Å². The molecule has 0 aliphatic rings. The van der Waals surface area contributed by atoms with Gasteiger partial charge < -0.3 is 15.5 Å². The van der Waals surface area contributed by atoms with E-state index in [1.807, 2.05) is 6.92 Å². The molecule has 0 saturated heterocycles. The van der Waals surface area contributed by atoms with E-state index in [0.29, 0.717) is 21.8 Å². The van der Waals surface area contributed by atoms with E-state index in [-0.39, 0.29) is 17.5 Å². The van der Waals surface area contributed by atoms with E-state index in [4.69, 9.17) is 11.6 Å². The molecular formula is C14H12ClN3O2S. The van der Waals surface area contributed by atoms with Gasteiger partial charge in [-0.05, 0) is 31.2 Å². The summed E-state index contributed by atoms with van der Waals surface area (Å²) in [6, 6.07) is 7.83. The minimum atomic E-state index is -0.351. The van der Waals surface area contributed by atoms with Gasteiger partial charge in [-0.3, -0.25) is 0 Å². The van der Waals surface area contributed by atoms with Crippen molar-refractivity contribution >= 4 is 40.0 Å². The lowest BCUT2D eigenvalue weighted by atomic mass is 10.1. The Morgan fingerprint density at radius 2 is 1.86 bits per heavy atom. The molecular weight excluding hydrogens is 310 g/mol. The van der Waals surface area contributed by atoms with Gasteiger partial charge in [0.05, 0.1) is 34.0 Å².